The van der Waals surface area contributed by atoms with Crippen molar-refractivity contribution in [3.8, 4) is 5.75 Å². The quantitative estimate of drug-likeness (QED) is 0.728. The molecular weight excluding hydrogens is 288 g/mol. The Morgan fingerprint density at radius 1 is 1.13 bits per heavy atom. The zero-order chi connectivity index (χ0) is 15.8. The predicted octanol–water partition coefficient (Wildman–Crippen LogP) is 3.45. The van der Waals surface area contributed by atoms with Crippen molar-refractivity contribution in [3.05, 3.63) is 65.7 Å². The molecule has 0 N–H and O–H groups in total. The highest BCUT2D eigenvalue weighted by Crippen LogP contribution is 2.33. The number of fused-ring (bicyclic) bond motifs is 2. The van der Waals surface area contributed by atoms with Gasteiger partial charge in [-0.05, 0) is 36.2 Å². The first-order valence-corrected chi connectivity index (χ1v) is 7.61. The van der Waals surface area contributed by atoms with Gasteiger partial charge in [0.25, 0.3) is 5.91 Å². The number of nitrogens with zero attached hydrogens (tertiary/aromatic N) is 2. The fourth-order valence-corrected chi connectivity index (χ4v) is 3.06. The average molecular weight is 304 g/mol. The Morgan fingerprint density at radius 2 is 1.96 bits per heavy atom. The number of rotatable bonds is 2. The van der Waals surface area contributed by atoms with Crippen molar-refractivity contribution >= 4 is 22.6 Å². The molecule has 1 aromatic heterocycles. The number of anilines is 1. The summed E-state index contributed by atoms with van der Waals surface area (Å²) in [7, 11) is 1.64. The third kappa shape index (κ3) is 2.23. The summed E-state index contributed by atoms with van der Waals surface area (Å²) in [4.78, 5) is 19.3. The van der Waals surface area contributed by atoms with Gasteiger partial charge in [-0.25, -0.2) is 4.98 Å². The lowest BCUT2D eigenvalue weighted by Gasteiger charge is -2.17. The molecule has 3 aromatic rings. The maximum Gasteiger partial charge on any atom is 0.259 e. The molecule has 0 unspecified atom stereocenters. The summed E-state index contributed by atoms with van der Waals surface area (Å²) >= 11 is 0. The van der Waals surface area contributed by atoms with Crippen LogP contribution in [-0.4, -0.2) is 24.5 Å². The number of para-hydroxylation sites is 1. The fourth-order valence-electron chi connectivity index (χ4n) is 3.06. The number of hydrogen-bond donors (Lipinski definition) is 0. The van der Waals surface area contributed by atoms with E-state index in [9.17, 15) is 4.79 Å². The van der Waals surface area contributed by atoms with Crippen molar-refractivity contribution in [2.45, 2.75) is 6.42 Å². The van der Waals surface area contributed by atoms with Crippen LogP contribution in [0.1, 0.15) is 15.9 Å². The number of amides is 1. The standard InChI is InChI=1S/C19H16N2O2/c1-23-16-9-5-8-14-12-15-10-11-21(18(15)20-17(14)16)19(22)13-6-3-2-4-7-13/h2-9,12H,10-11H2,1H3. The van der Waals surface area contributed by atoms with Crippen LogP contribution in [0.2, 0.25) is 0 Å². The van der Waals surface area contributed by atoms with Gasteiger partial charge in [-0.2, -0.15) is 0 Å². The van der Waals surface area contributed by atoms with Crippen molar-refractivity contribution in [2.75, 3.05) is 18.6 Å². The molecule has 114 valence electrons. The molecule has 0 bridgehead atoms. The number of carbonyl (C=O) groups excluding carboxylic acids is 1. The second kappa shape index (κ2) is 5.39. The number of ether oxygens (including phenoxy) is 1. The number of pyridine rings is 1. The molecule has 0 spiro atoms. The van der Waals surface area contributed by atoms with E-state index in [4.69, 9.17) is 9.72 Å². The molecule has 1 amide bonds. The topological polar surface area (TPSA) is 42.4 Å². The number of benzene rings is 2. The predicted molar refractivity (Wildman–Crippen MR) is 90.1 cm³/mol. The highest BCUT2D eigenvalue weighted by Gasteiger charge is 2.27. The van der Waals surface area contributed by atoms with Crippen LogP contribution < -0.4 is 9.64 Å². The van der Waals surface area contributed by atoms with Gasteiger partial charge in [0.05, 0.1) is 7.11 Å². The van der Waals surface area contributed by atoms with E-state index in [1.165, 1.54) is 0 Å². The molecule has 0 aliphatic carbocycles. The molecule has 4 rings (SSSR count). The molecule has 0 radical (unpaired) electrons. The Bertz CT molecular complexity index is 891. The summed E-state index contributed by atoms with van der Waals surface area (Å²) in [5, 5.41) is 1.04. The van der Waals surface area contributed by atoms with Gasteiger partial charge in [-0.15, -0.1) is 0 Å². The number of carbonyl (C=O) groups is 1. The first-order valence-electron chi connectivity index (χ1n) is 7.61. The SMILES string of the molecule is COc1cccc2cc3c(nc12)N(C(=O)c1ccccc1)CC3. The van der Waals surface area contributed by atoms with Gasteiger partial charge in [-0.3, -0.25) is 9.69 Å². The van der Waals surface area contributed by atoms with Crippen LogP contribution in [0.3, 0.4) is 0 Å². The minimum atomic E-state index is -0.00824. The maximum atomic E-state index is 12.8. The zero-order valence-corrected chi connectivity index (χ0v) is 12.8. The molecule has 1 aliphatic heterocycles. The Morgan fingerprint density at radius 3 is 2.74 bits per heavy atom. The molecule has 0 atom stereocenters. The Kier molecular flexibility index (Phi) is 3.23. The number of methoxy groups -OCH3 is 1. The summed E-state index contributed by atoms with van der Waals surface area (Å²) in [6, 6.07) is 17.3. The van der Waals surface area contributed by atoms with E-state index in [1.54, 1.807) is 12.0 Å². The summed E-state index contributed by atoms with van der Waals surface area (Å²) in [6.07, 6.45) is 0.827. The lowest BCUT2D eigenvalue weighted by Crippen LogP contribution is -2.29. The first kappa shape index (κ1) is 13.8. The van der Waals surface area contributed by atoms with Gasteiger partial charge in [0.15, 0.2) is 0 Å². The van der Waals surface area contributed by atoms with Crippen LogP contribution in [0.5, 0.6) is 5.75 Å². The highest BCUT2D eigenvalue weighted by molar-refractivity contribution is 6.07. The van der Waals surface area contributed by atoms with Gasteiger partial charge in [0.1, 0.15) is 17.1 Å². The summed E-state index contributed by atoms with van der Waals surface area (Å²) in [6.45, 7) is 0.661. The lowest BCUT2D eigenvalue weighted by atomic mass is 10.1. The van der Waals surface area contributed by atoms with E-state index < -0.39 is 0 Å². The molecule has 4 heteroatoms. The molecule has 0 fully saturated rings. The van der Waals surface area contributed by atoms with Crippen molar-refractivity contribution < 1.29 is 9.53 Å². The van der Waals surface area contributed by atoms with Gasteiger partial charge in [-0.1, -0.05) is 30.3 Å². The van der Waals surface area contributed by atoms with Crippen LogP contribution >= 0.6 is 0 Å². The van der Waals surface area contributed by atoms with Crippen molar-refractivity contribution in [1.29, 1.82) is 0 Å². The van der Waals surface area contributed by atoms with Gasteiger partial charge >= 0.3 is 0 Å². The van der Waals surface area contributed by atoms with Gasteiger partial charge in [0.2, 0.25) is 0 Å². The fraction of sp³-hybridized carbons (Fsp3) is 0.158. The molecule has 0 saturated heterocycles. The zero-order valence-electron chi connectivity index (χ0n) is 12.8. The van der Waals surface area contributed by atoms with E-state index in [2.05, 4.69) is 6.07 Å². The van der Waals surface area contributed by atoms with E-state index in [0.29, 0.717) is 12.1 Å². The van der Waals surface area contributed by atoms with E-state index in [1.807, 2.05) is 48.5 Å². The molecule has 23 heavy (non-hydrogen) atoms. The highest BCUT2D eigenvalue weighted by atomic mass is 16.5. The largest absolute Gasteiger partial charge is 0.494 e. The van der Waals surface area contributed by atoms with Gasteiger partial charge in [0, 0.05) is 17.5 Å². The monoisotopic (exact) mass is 304 g/mol. The van der Waals surface area contributed by atoms with E-state index in [-0.39, 0.29) is 5.91 Å². The second-order valence-corrected chi connectivity index (χ2v) is 5.58. The van der Waals surface area contributed by atoms with Crippen LogP contribution in [-0.2, 0) is 6.42 Å². The molecular formula is C19H16N2O2. The number of aromatic nitrogens is 1. The van der Waals surface area contributed by atoms with E-state index in [0.717, 1.165) is 34.5 Å². The molecule has 4 nitrogen and oxygen atoms in total. The lowest BCUT2D eigenvalue weighted by molar-refractivity contribution is 0.0989. The van der Waals surface area contributed by atoms with Gasteiger partial charge < -0.3 is 4.74 Å². The number of hydrogen-bond acceptors (Lipinski definition) is 3. The first-order chi connectivity index (χ1) is 11.3. The summed E-state index contributed by atoms with van der Waals surface area (Å²) < 4.78 is 5.40. The normalized spacial score (nSPS) is 13.2. The average Bonchev–Trinajstić information content (AvgIpc) is 3.02. The third-order valence-corrected chi connectivity index (χ3v) is 4.21. The Hall–Kier alpha value is -2.88. The van der Waals surface area contributed by atoms with Crippen molar-refractivity contribution in [1.82, 2.24) is 4.98 Å². The van der Waals surface area contributed by atoms with Crippen molar-refractivity contribution in [2.24, 2.45) is 0 Å². The third-order valence-electron chi connectivity index (χ3n) is 4.21. The summed E-state index contributed by atoms with van der Waals surface area (Å²) in [5.41, 5.74) is 2.58. The Labute approximate surface area is 134 Å². The minimum absolute atomic E-state index is 0.00824. The van der Waals surface area contributed by atoms with Crippen LogP contribution in [0.25, 0.3) is 10.9 Å². The molecule has 2 heterocycles. The minimum Gasteiger partial charge on any atom is -0.494 e. The second-order valence-electron chi connectivity index (χ2n) is 5.58. The Balaban J connectivity index is 1.82. The van der Waals surface area contributed by atoms with Crippen LogP contribution in [0, 0.1) is 0 Å². The van der Waals surface area contributed by atoms with Crippen molar-refractivity contribution in [3.63, 3.8) is 0 Å². The molecule has 1 aliphatic rings. The van der Waals surface area contributed by atoms with Crippen LogP contribution in [0.4, 0.5) is 5.82 Å². The summed E-state index contributed by atoms with van der Waals surface area (Å²) in [5.74, 6) is 1.46. The maximum absolute atomic E-state index is 12.8. The van der Waals surface area contributed by atoms with Crippen LogP contribution in [0.15, 0.2) is 54.6 Å². The smallest absolute Gasteiger partial charge is 0.259 e. The molecule has 0 saturated carbocycles. The molecule has 2 aromatic carbocycles. The van der Waals surface area contributed by atoms with E-state index >= 15 is 0 Å².